The Kier molecular flexibility index (Phi) is 2.72. The smallest absolute Gasteiger partial charge is 0.214 e. The molecule has 14 heavy (non-hydrogen) atoms. The van der Waals surface area contributed by atoms with Crippen LogP contribution in [0.5, 0.6) is 5.88 Å². The first-order valence-corrected chi connectivity index (χ1v) is 5.09. The first-order valence-electron chi connectivity index (χ1n) is 5.09. The van der Waals surface area contributed by atoms with Crippen molar-refractivity contribution in [2.45, 2.75) is 18.8 Å². The highest BCUT2D eigenvalue weighted by Crippen LogP contribution is 2.31. The van der Waals surface area contributed by atoms with Crippen LogP contribution in [0, 0.1) is 0 Å². The molecule has 1 aliphatic rings. The van der Waals surface area contributed by atoms with Crippen LogP contribution in [0.1, 0.15) is 24.3 Å². The molecule has 1 fully saturated rings. The molecular weight excluding hydrogens is 178 g/mol. The van der Waals surface area contributed by atoms with Gasteiger partial charge in [-0.05, 0) is 31.8 Å². The largest absolute Gasteiger partial charge is 0.481 e. The summed E-state index contributed by atoms with van der Waals surface area (Å²) in [4.78, 5) is 0. The number of nitrogens with zero attached hydrogens (tertiary/aromatic N) is 2. The Balaban J connectivity index is 2.21. The fraction of sp³-hybridized carbons (Fsp3) is 0.700. The lowest BCUT2D eigenvalue weighted by atomic mass is 9.92. The van der Waals surface area contributed by atoms with E-state index in [4.69, 9.17) is 4.74 Å². The van der Waals surface area contributed by atoms with Gasteiger partial charge in [-0.15, -0.1) is 0 Å². The number of hydrogen-bond acceptors (Lipinski definition) is 3. The quantitative estimate of drug-likeness (QED) is 0.762. The van der Waals surface area contributed by atoms with Crippen molar-refractivity contribution in [3.05, 3.63) is 11.8 Å². The monoisotopic (exact) mass is 195 g/mol. The van der Waals surface area contributed by atoms with Crippen LogP contribution in [0.3, 0.4) is 0 Å². The van der Waals surface area contributed by atoms with E-state index in [-0.39, 0.29) is 0 Å². The summed E-state index contributed by atoms with van der Waals surface area (Å²) in [5.41, 5.74) is 1.26. The fourth-order valence-corrected chi connectivity index (χ4v) is 2.11. The van der Waals surface area contributed by atoms with Crippen LogP contribution in [0.15, 0.2) is 6.20 Å². The van der Waals surface area contributed by atoms with E-state index in [2.05, 4.69) is 10.4 Å². The Hall–Kier alpha value is -1.03. The summed E-state index contributed by atoms with van der Waals surface area (Å²) in [7, 11) is 3.63. The summed E-state index contributed by atoms with van der Waals surface area (Å²) in [6.45, 7) is 2.20. The second-order valence-electron chi connectivity index (χ2n) is 3.76. The molecule has 1 aromatic heterocycles. The molecule has 0 aromatic carbocycles. The lowest BCUT2D eigenvalue weighted by Gasteiger charge is -2.22. The SMILES string of the molecule is COc1c(C2CCNCC2)cnn1C. The topological polar surface area (TPSA) is 39.1 Å². The highest BCUT2D eigenvalue weighted by atomic mass is 16.5. The molecule has 1 saturated heterocycles. The fourth-order valence-electron chi connectivity index (χ4n) is 2.11. The third-order valence-corrected chi connectivity index (χ3v) is 2.88. The van der Waals surface area contributed by atoms with Gasteiger partial charge in [-0.3, -0.25) is 0 Å². The van der Waals surface area contributed by atoms with Crippen LogP contribution in [0.25, 0.3) is 0 Å². The van der Waals surface area contributed by atoms with Crippen LogP contribution in [-0.2, 0) is 7.05 Å². The van der Waals surface area contributed by atoms with Gasteiger partial charge in [-0.2, -0.15) is 5.10 Å². The lowest BCUT2D eigenvalue weighted by molar-refractivity contribution is 0.359. The Morgan fingerprint density at radius 3 is 2.86 bits per heavy atom. The second kappa shape index (κ2) is 4.00. The van der Waals surface area contributed by atoms with E-state index in [9.17, 15) is 0 Å². The van der Waals surface area contributed by atoms with Crippen molar-refractivity contribution < 1.29 is 4.74 Å². The molecule has 2 rings (SSSR count). The van der Waals surface area contributed by atoms with Crippen molar-refractivity contribution >= 4 is 0 Å². The molecule has 1 aliphatic heterocycles. The lowest BCUT2D eigenvalue weighted by Crippen LogP contribution is -2.26. The predicted octanol–water partition coefficient (Wildman–Crippen LogP) is 0.896. The molecule has 0 saturated carbocycles. The third kappa shape index (κ3) is 1.62. The maximum atomic E-state index is 5.35. The van der Waals surface area contributed by atoms with Gasteiger partial charge in [-0.25, -0.2) is 4.68 Å². The standard InChI is InChI=1S/C10H17N3O/c1-13-10(14-2)9(7-12-13)8-3-5-11-6-4-8/h7-8,11H,3-6H2,1-2H3. The van der Waals surface area contributed by atoms with Crippen molar-refractivity contribution in [3.63, 3.8) is 0 Å². The van der Waals surface area contributed by atoms with E-state index >= 15 is 0 Å². The van der Waals surface area contributed by atoms with Gasteiger partial charge in [0.2, 0.25) is 5.88 Å². The van der Waals surface area contributed by atoms with E-state index in [0.717, 1.165) is 19.0 Å². The van der Waals surface area contributed by atoms with Gasteiger partial charge in [0.1, 0.15) is 0 Å². The van der Waals surface area contributed by atoms with Crippen LogP contribution in [0.2, 0.25) is 0 Å². The van der Waals surface area contributed by atoms with Crippen LogP contribution >= 0.6 is 0 Å². The minimum absolute atomic E-state index is 0.611. The Bertz CT molecular complexity index is 302. The van der Waals surface area contributed by atoms with Gasteiger partial charge in [0.05, 0.1) is 13.3 Å². The van der Waals surface area contributed by atoms with Gasteiger partial charge in [-0.1, -0.05) is 0 Å². The summed E-state index contributed by atoms with van der Waals surface area (Å²) in [6, 6.07) is 0. The maximum absolute atomic E-state index is 5.35. The highest BCUT2D eigenvalue weighted by Gasteiger charge is 2.21. The predicted molar refractivity (Wildman–Crippen MR) is 54.6 cm³/mol. The van der Waals surface area contributed by atoms with E-state index in [1.807, 2.05) is 13.2 Å². The molecule has 1 aromatic rings. The molecule has 0 spiro atoms. The van der Waals surface area contributed by atoms with Crippen LogP contribution in [0.4, 0.5) is 0 Å². The maximum Gasteiger partial charge on any atom is 0.214 e. The zero-order chi connectivity index (χ0) is 9.97. The Morgan fingerprint density at radius 1 is 1.50 bits per heavy atom. The summed E-state index contributed by atoms with van der Waals surface area (Å²) in [5.74, 6) is 1.52. The van der Waals surface area contributed by atoms with E-state index in [1.165, 1.54) is 18.4 Å². The van der Waals surface area contributed by atoms with Crippen molar-refractivity contribution in [2.24, 2.45) is 7.05 Å². The van der Waals surface area contributed by atoms with Crippen molar-refractivity contribution in [1.29, 1.82) is 0 Å². The molecule has 4 heteroatoms. The normalized spacial score (nSPS) is 18.4. The first kappa shape index (κ1) is 9.52. The summed E-state index contributed by atoms with van der Waals surface area (Å²) < 4.78 is 7.15. The van der Waals surface area contributed by atoms with Gasteiger partial charge >= 0.3 is 0 Å². The van der Waals surface area contributed by atoms with E-state index in [0.29, 0.717) is 5.92 Å². The number of aryl methyl sites for hydroxylation is 1. The van der Waals surface area contributed by atoms with Gasteiger partial charge in [0.25, 0.3) is 0 Å². The molecule has 0 aliphatic carbocycles. The zero-order valence-electron chi connectivity index (χ0n) is 8.79. The molecule has 0 atom stereocenters. The number of ether oxygens (including phenoxy) is 1. The van der Waals surface area contributed by atoms with Crippen molar-refractivity contribution in [2.75, 3.05) is 20.2 Å². The number of piperidine rings is 1. The van der Waals surface area contributed by atoms with Gasteiger partial charge in [0.15, 0.2) is 0 Å². The number of nitrogens with one attached hydrogen (secondary N) is 1. The molecule has 4 nitrogen and oxygen atoms in total. The van der Waals surface area contributed by atoms with Crippen LogP contribution < -0.4 is 10.1 Å². The summed E-state index contributed by atoms with van der Waals surface area (Å²) in [5, 5.41) is 7.59. The molecular formula is C10H17N3O. The zero-order valence-corrected chi connectivity index (χ0v) is 8.79. The van der Waals surface area contributed by atoms with E-state index < -0.39 is 0 Å². The Morgan fingerprint density at radius 2 is 2.21 bits per heavy atom. The van der Waals surface area contributed by atoms with Crippen molar-refractivity contribution in [1.82, 2.24) is 15.1 Å². The van der Waals surface area contributed by atoms with Gasteiger partial charge in [0, 0.05) is 12.6 Å². The second-order valence-corrected chi connectivity index (χ2v) is 3.76. The minimum Gasteiger partial charge on any atom is -0.481 e. The average Bonchev–Trinajstić information content (AvgIpc) is 2.61. The number of methoxy groups -OCH3 is 1. The molecule has 1 N–H and O–H groups in total. The van der Waals surface area contributed by atoms with Gasteiger partial charge < -0.3 is 10.1 Å². The third-order valence-electron chi connectivity index (χ3n) is 2.88. The first-order chi connectivity index (χ1) is 6.83. The Labute approximate surface area is 84.3 Å². The van der Waals surface area contributed by atoms with Crippen molar-refractivity contribution in [3.8, 4) is 5.88 Å². The molecule has 0 radical (unpaired) electrons. The number of aromatic nitrogens is 2. The summed E-state index contributed by atoms with van der Waals surface area (Å²) in [6.07, 6.45) is 4.30. The highest BCUT2D eigenvalue weighted by molar-refractivity contribution is 5.28. The average molecular weight is 195 g/mol. The molecule has 2 heterocycles. The van der Waals surface area contributed by atoms with E-state index in [1.54, 1.807) is 11.8 Å². The molecule has 0 bridgehead atoms. The summed E-state index contributed by atoms with van der Waals surface area (Å²) >= 11 is 0. The number of hydrogen-bond donors (Lipinski definition) is 1. The molecule has 78 valence electrons. The molecule has 0 amide bonds. The minimum atomic E-state index is 0.611. The van der Waals surface area contributed by atoms with Crippen LogP contribution in [-0.4, -0.2) is 30.0 Å². The molecule has 0 unspecified atom stereocenters. The number of rotatable bonds is 2.